The summed E-state index contributed by atoms with van der Waals surface area (Å²) < 4.78 is 0. The normalized spacial score (nSPS) is 26.9. The van der Waals surface area contributed by atoms with E-state index < -0.39 is 16.9 Å². The second-order valence-corrected chi connectivity index (χ2v) is 4.93. The summed E-state index contributed by atoms with van der Waals surface area (Å²) >= 11 is 0. The molecule has 1 heterocycles. The van der Waals surface area contributed by atoms with E-state index in [1.807, 2.05) is 0 Å². The fourth-order valence-electron chi connectivity index (χ4n) is 2.03. The zero-order valence-electron chi connectivity index (χ0n) is 8.74. The number of amides is 2. The first kappa shape index (κ1) is 10.1. The Morgan fingerprint density at radius 1 is 1.33 bits per heavy atom. The number of carbonyl (C=O) groups excluding carboxylic acids is 2. The van der Waals surface area contributed by atoms with Crippen molar-refractivity contribution in [2.75, 3.05) is 0 Å². The molecule has 1 aliphatic heterocycles. The maximum absolute atomic E-state index is 11.9. The molecule has 2 aliphatic rings. The Morgan fingerprint density at radius 2 is 1.87 bits per heavy atom. The largest absolute Gasteiger partial charge is 0.479 e. The average Bonchev–Trinajstić information content (AvgIpc) is 2.80. The van der Waals surface area contributed by atoms with Gasteiger partial charge in [0.2, 0.25) is 11.8 Å². The minimum atomic E-state index is -1.22. The van der Waals surface area contributed by atoms with Crippen molar-refractivity contribution in [1.29, 1.82) is 0 Å². The van der Waals surface area contributed by atoms with Gasteiger partial charge in [0.05, 0.1) is 5.41 Å². The molecule has 82 valence electrons. The molecule has 5 heteroatoms. The minimum absolute atomic E-state index is 0.112. The Balaban J connectivity index is 2.36. The van der Waals surface area contributed by atoms with Crippen LogP contribution in [-0.2, 0) is 14.4 Å². The topological polar surface area (TPSA) is 74.7 Å². The van der Waals surface area contributed by atoms with Crippen LogP contribution in [-0.4, -0.2) is 33.3 Å². The third kappa shape index (κ3) is 1.19. The predicted octanol–water partition coefficient (Wildman–Crippen LogP) is 0.389. The Labute approximate surface area is 87.1 Å². The second-order valence-electron chi connectivity index (χ2n) is 4.93. The number of rotatable bonds is 2. The summed E-state index contributed by atoms with van der Waals surface area (Å²) in [5.41, 5.74) is -1.97. The Hall–Kier alpha value is -1.39. The molecular formula is C10H13NO4. The Morgan fingerprint density at radius 3 is 2.13 bits per heavy atom. The lowest BCUT2D eigenvalue weighted by molar-refractivity contribution is -0.157. The lowest BCUT2D eigenvalue weighted by Crippen LogP contribution is -2.48. The molecule has 0 aromatic rings. The van der Waals surface area contributed by atoms with Gasteiger partial charge in [-0.05, 0) is 12.8 Å². The van der Waals surface area contributed by atoms with Crippen LogP contribution in [0, 0.1) is 5.41 Å². The van der Waals surface area contributed by atoms with E-state index in [-0.39, 0.29) is 18.2 Å². The Kier molecular flexibility index (Phi) is 1.75. The van der Waals surface area contributed by atoms with E-state index in [4.69, 9.17) is 5.11 Å². The molecule has 1 saturated carbocycles. The van der Waals surface area contributed by atoms with Crippen molar-refractivity contribution >= 4 is 17.8 Å². The SMILES string of the molecule is CC1(C)CC(=O)N(C2(C(=O)O)CC2)C1=O. The van der Waals surface area contributed by atoms with Crippen LogP contribution in [0.1, 0.15) is 33.1 Å². The van der Waals surface area contributed by atoms with Gasteiger partial charge in [0.25, 0.3) is 0 Å². The first-order valence-corrected chi connectivity index (χ1v) is 4.92. The van der Waals surface area contributed by atoms with Crippen molar-refractivity contribution in [2.45, 2.75) is 38.6 Å². The number of nitrogens with zero attached hydrogens (tertiary/aromatic N) is 1. The Bertz CT molecular complexity index is 368. The van der Waals surface area contributed by atoms with Gasteiger partial charge < -0.3 is 5.11 Å². The van der Waals surface area contributed by atoms with E-state index in [0.717, 1.165) is 4.90 Å². The van der Waals surface area contributed by atoms with Gasteiger partial charge in [-0.3, -0.25) is 14.5 Å². The monoisotopic (exact) mass is 211 g/mol. The van der Waals surface area contributed by atoms with Gasteiger partial charge in [-0.15, -0.1) is 0 Å². The highest BCUT2D eigenvalue weighted by molar-refractivity contribution is 6.09. The van der Waals surface area contributed by atoms with Crippen LogP contribution in [0.15, 0.2) is 0 Å². The van der Waals surface area contributed by atoms with Gasteiger partial charge in [-0.1, -0.05) is 13.8 Å². The van der Waals surface area contributed by atoms with Gasteiger partial charge in [-0.2, -0.15) is 0 Å². The van der Waals surface area contributed by atoms with E-state index in [0.29, 0.717) is 12.8 Å². The smallest absolute Gasteiger partial charge is 0.330 e. The molecule has 0 aromatic carbocycles. The van der Waals surface area contributed by atoms with Crippen molar-refractivity contribution in [2.24, 2.45) is 5.41 Å². The van der Waals surface area contributed by atoms with Crippen molar-refractivity contribution in [3.63, 3.8) is 0 Å². The van der Waals surface area contributed by atoms with Crippen LogP contribution in [0.4, 0.5) is 0 Å². The molecule has 0 atom stereocenters. The first-order valence-electron chi connectivity index (χ1n) is 4.92. The maximum atomic E-state index is 11.9. The predicted molar refractivity (Wildman–Crippen MR) is 49.9 cm³/mol. The van der Waals surface area contributed by atoms with Crippen LogP contribution >= 0.6 is 0 Å². The number of imide groups is 1. The molecule has 0 spiro atoms. The summed E-state index contributed by atoms with van der Waals surface area (Å²) in [6.07, 6.45) is 0.882. The van der Waals surface area contributed by atoms with Gasteiger partial charge in [-0.25, -0.2) is 4.79 Å². The molecule has 1 saturated heterocycles. The molecular weight excluding hydrogens is 198 g/mol. The van der Waals surface area contributed by atoms with E-state index in [1.54, 1.807) is 13.8 Å². The molecule has 0 aromatic heterocycles. The minimum Gasteiger partial charge on any atom is -0.479 e. The number of carbonyl (C=O) groups is 3. The molecule has 1 aliphatic carbocycles. The zero-order valence-corrected chi connectivity index (χ0v) is 8.74. The molecule has 2 fully saturated rings. The molecule has 2 amide bonds. The third-order valence-corrected chi connectivity index (χ3v) is 3.17. The quantitative estimate of drug-likeness (QED) is 0.670. The number of carboxylic acid groups (broad SMARTS) is 1. The van der Waals surface area contributed by atoms with E-state index in [2.05, 4.69) is 0 Å². The van der Waals surface area contributed by atoms with Crippen LogP contribution in [0.5, 0.6) is 0 Å². The highest BCUT2D eigenvalue weighted by Gasteiger charge is 2.63. The summed E-state index contributed by atoms with van der Waals surface area (Å²) in [5.74, 6) is -1.78. The summed E-state index contributed by atoms with van der Waals surface area (Å²) in [6, 6.07) is 0. The number of carboxylic acids is 1. The van der Waals surface area contributed by atoms with Crippen molar-refractivity contribution in [3.8, 4) is 0 Å². The van der Waals surface area contributed by atoms with Crippen molar-refractivity contribution < 1.29 is 19.5 Å². The molecule has 0 unspecified atom stereocenters. The van der Waals surface area contributed by atoms with Crippen LogP contribution < -0.4 is 0 Å². The van der Waals surface area contributed by atoms with E-state index in [1.165, 1.54) is 0 Å². The standard InChI is InChI=1S/C10H13NO4/c1-9(2)5-6(12)11(7(9)13)10(3-4-10)8(14)15/h3-5H2,1-2H3,(H,14,15). The fourth-order valence-corrected chi connectivity index (χ4v) is 2.03. The van der Waals surface area contributed by atoms with Crippen molar-refractivity contribution in [3.05, 3.63) is 0 Å². The number of aliphatic carboxylic acids is 1. The van der Waals surface area contributed by atoms with E-state index >= 15 is 0 Å². The van der Waals surface area contributed by atoms with Gasteiger partial charge in [0.15, 0.2) is 0 Å². The molecule has 15 heavy (non-hydrogen) atoms. The number of likely N-dealkylation sites (tertiary alicyclic amines) is 1. The number of hydrogen-bond acceptors (Lipinski definition) is 3. The fraction of sp³-hybridized carbons (Fsp3) is 0.700. The van der Waals surface area contributed by atoms with Crippen LogP contribution in [0.25, 0.3) is 0 Å². The average molecular weight is 211 g/mol. The van der Waals surface area contributed by atoms with Gasteiger partial charge in [0.1, 0.15) is 5.54 Å². The van der Waals surface area contributed by atoms with Crippen LogP contribution in [0.3, 0.4) is 0 Å². The molecule has 5 nitrogen and oxygen atoms in total. The molecule has 0 radical (unpaired) electrons. The van der Waals surface area contributed by atoms with Crippen molar-refractivity contribution in [1.82, 2.24) is 4.90 Å². The maximum Gasteiger partial charge on any atom is 0.330 e. The molecule has 0 bridgehead atoms. The summed E-state index contributed by atoms with van der Waals surface area (Å²) in [4.78, 5) is 35.5. The third-order valence-electron chi connectivity index (χ3n) is 3.17. The summed E-state index contributed by atoms with van der Waals surface area (Å²) in [6.45, 7) is 3.34. The zero-order chi connectivity index (χ0) is 11.4. The van der Waals surface area contributed by atoms with Gasteiger partial charge in [0, 0.05) is 6.42 Å². The second kappa shape index (κ2) is 2.59. The molecule has 1 N–H and O–H groups in total. The van der Waals surface area contributed by atoms with Gasteiger partial charge >= 0.3 is 5.97 Å². The number of hydrogen-bond donors (Lipinski definition) is 1. The highest BCUT2D eigenvalue weighted by atomic mass is 16.4. The lowest BCUT2D eigenvalue weighted by atomic mass is 9.92. The summed E-state index contributed by atoms with van der Waals surface area (Å²) in [7, 11) is 0. The molecule has 2 rings (SSSR count). The lowest BCUT2D eigenvalue weighted by Gasteiger charge is -2.23. The summed E-state index contributed by atoms with van der Waals surface area (Å²) in [5, 5.41) is 9.02. The van der Waals surface area contributed by atoms with E-state index in [9.17, 15) is 14.4 Å². The highest BCUT2D eigenvalue weighted by Crippen LogP contribution is 2.48. The first-order chi connectivity index (χ1) is 6.81. The van der Waals surface area contributed by atoms with Crippen LogP contribution in [0.2, 0.25) is 0 Å².